The molecule has 0 aromatic heterocycles. The highest BCUT2D eigenvalue weighted by Gasteiger charge is 2.12. The summed E-state index contributed by atoms with van der Waals surface area (Å²) < 4.78 is 12.2. The van der Waals surface area contributed by atoms with E-state index in [2.05, 4.69) is 21.2 Å². The Kier molecular flexibility index (Phi) is 7.48. The number of hydrogen-bond acceptors (Lipinski definition) is 4. The second kappa shape index (κ2) is 10.1. The fourth-order valence-corrected chi connectivity index (χ4v) is 3.57. The standard InChI is InChI=1S/C22H18BrCl2NO4/c1-29-20-8-14(11-26-16-6-7-17(22(27)28)19(25)9-16)18(23)10-21(20)30-12-13-2-4-15(24)5-3-13/h2-10,26H,11-12H2,1H3,(H,27,28). The molecule has 2 N–H and O–H groups in total. The zero-order valence-corrected chi connectivity index (χ0v) is 19.0. The van der Waals surface area contributed by atoms with Gasteiger partial charge in [0, 0.05) is 21.7 Å². The van der Waals surface area contributed by atoms with Gasteiger partial charge in [-0.25, -0.2) is 4.79 Å². The second-order valence-electron chi connectivity index (χ2n) is 6.36. The van der Waals surface area contributed by atoms with Crippen LogP contribution in [0.3, 0.4) is 0 Å². The third-order valence-electron chi connectivity index (χ3n) is 4.32. The molecule has 0 unspecified atom stereocenters. The van der Waals surface area contributed by atoms with E-state index in [0.717, 1.165) is 15.6 Å². The molecule has 0 amide bonds. The maximum Gasteiger partial charge on any atom is 0.337 e. The molecule has 0 spiro atoms. The van der Waals surface area contributed by atoms with Crippen molar-refractivity contribution in [1.82, 2.24) is 0 Å². The summed E-state index contributed by atoms with van der Waals surface area (Å²) in [4.78, 5) is 11.1. The molecule has 0 aliphatic heterocycles. The lowest BCUT2D eigenvalue weighted by Crippen LogP contribution is -2.04. The first-order valence-corrected chi connectivity index (χ1v) is 10.4. The van der Waals surface area contributed by atoms with Gasteiger partial charge in [-0.05, 0) is 53.6 Å². The average molecular weight is 511 g/mol. The van der Waals surface area contributed by atoms with Crippen molar-refractivity contribution in [1.29, 1.82) is 0 Å². The minimum Gasteiger partial charge on any atom is -0.493 e. The van der Waals surface area contributed by atoms with E-state index in [4.69, 9.17) is 37.8 Å². The fourth-order valence-electron chi connectivity index (χ4n) is 2.72. The number of aromatic carboxylic acids is 1. The highest BCUT2D eigenvalue weighted by molar-refractivity contribution is 9.10. The summed E-state index contributed by atoms with van der Waals surface area (Å²) in [6.07, 6.45) is 0. The molecule has 0 saturated carbocycles. The average Bonchev–Trinajstić information content (AvgIpc) is 2.72. The third-order valence-corrected chi connectivity index (χ3v) is 5.63. The number of anilines is 1. The van der Waals surface area contributed by atoms with Gasteiger partial charge in [0.15, 0.2) is 11.5 Å². The number of halogens is 3. The molecule has 30 heavy (non-hydrogen) atoms. The van der Waals surface area contributed by atoms with E-state index in [1.54, 1.807) is 19.2 Å². The summed E-state index contributed by atoms with van der Waals surface area (Å²) in [7, 11) is 1.58. The molecule has 156 valence electrons. The Balaban J connectivity index is 1.71. The van der Waals surface area contributed by atoms with Gasteiger partial charge in [-0.1, -0.05) is 51.3 Å². The van der Waals surface area contributed by atoms with Gasteiger partial charge >= 0.3 is 5.97 Å². The molecule has 0 fully saturated rings. The lowest BCUT2D eigenvalue weighted by molar-refractivity contribution is 0.0697. The highest BCUT2D eigenvalue weighted by atomic mass is 79.9. The Labute approximate surface area is 192 Å². The minimum atomic E-state index is -1.06. The first-order chi connectivity index (χ1) is 14.4. The van der Waals surface area contributed by atoms with Crippen LogP contribution in [0.1, 0.15) is 21.5 Å². The van der Waals surface area contributed by atoms with Crippen LogP contribution in [0.4, 0.5) is 5.69 Å². The normalized spacial score (nSPS) is 10.5. The Hall–Kier alpha value is -2.41. The van der Waals surface area contributed by atoms with E-state index < -0.39 is 5.97 Å². The molecule has 3 aromatic carbocycles. The SMILES string of the molecule is COc1cc(CNc2ccc(C(=O)O)c(Cl)c2)c(Br)cc1OCc1ccc(Cl)cc1. The van der Waals surface area contributed by atoms with Crippen LogP contribution in [0.2, 0.25) is 10.0 Å². The molecule has 0 bridgehead atoms. The topological polar surface area (TPSA) is 67.8 Å². The van der Waals surface area contributed by atoms with Crippen molar-refractivity contribution in [3.63, 3.8) is 0 Å². The maximum absolute atomic E-state index is 11.1. The monoisotopic (exact) mass is 509 g/mol. The van der Waals surface area contributed by atoms with Gasteiger partial charge in [0.1, 0.15) is 6.61 Å². The molecule has 0 heterocycles. The number of methoxy groups -OCH3 is 1. The largest absolute Gasteiger partial charge is 0.493 e. The molecule has 0 atom stereocenters. The first-order valence-electron chi connectivity index (χ1n) is 8.87. The Morgan fingerprint density at radius 2 is 1.80 bits per heavy atom. The van der Waals surface area contributed by atoms with Crippen molar-refractivity contribution in [2.75, 3.05) is 12.4 Å². The quantitative estimate of drug-likeness (QED) is 0.355. The number of nitrogens with one attached hydrogen (secondary N) is 1. The number of carboxylic acids is 1. The van der Waals surface area contributed by atoms with Gasteiger partial charge in [-0.15, -0.1) is 0 Å². The van der Waals surface area contributed by atoms with E-state index >= 15 is 0 Å². The molecule has 3 aromatic rings. The fraction of sp³-hybridized carbons (Fsp3) is 0.136. The molecule has 8 heteroatoms. The van der Waals surface area contributed by atoms with E-state index in [0.29, 0.717) is 35.4 Å². The van der Waals surface area contributed by atoms with Crippen LogP contribution in [0.25, 0.3) is 0 Å². The lowest BCUT2D eigenvalue weighted by Gasteiger charge is -2.15. The van der Waals surface area contributed by atoms with Gasteiger partial charge < -0.3 is 19.9 Å². The van der Waals surface area contributed by atoms with Gasteiger partial charge in [0.05, 0.1) is 17.7 Å². The number of benzene rings is 3. The Bertz CT molecular complexity index is 1060. The zero-order valence-electron chi connectivity index (χ0n) is 15.9. The second-order valence-corrected chi connectivity index (χ2v) is 8.06. The van der Waals surface area contributed by atoms with Gasteiger partial charge in [0.25, 0.3) is 0 Å². The van der Waals surface area contributed by atoms with E-state index in [1.807, 2.05) is 36.4 Å². The summed E-state index contributed by atoms with van der Waals surface area (Å²) >= 11 is 15.5. The van der Waals surface area contributed by atoms with Crippen LogP contribution in [-0.2, 0) is 13.2 Å². The smallest absolute Gasteiger partial charge is 0.337 e. The van der Waals surface area contributed by atoms with Crippen LogP contribution < -0.4 is 14.8 Å². The maximum atomic E-state index is 11.1. The minimum absolute atomic E-state index is 0.0623. The van der Waals surface area contributed by atoms with Gasteiger partial charge in [0.2, 0.25) is 0 Å². The van der Waals surface area contributed by atoms with Crippen molar-refractivity contribution in [3.8, 4) is 11.5 Å². The number of ether oxygens (including phenoxy) is 2. The van der Waals surface area contributed by atoms with Crippen molar-refractivity contribution in [2.24, 2.45) is 0 Å². The van der Waals surface area contributed by atoms with Crippen LogP contribution in [0.15, 0.2) is 59.1 Å². The summed E-state index contributed by atoms with van der Waals surface area (Å²) in [5.41, 5.74) is 2.69. The molecule has 0 saturated heterocycles. The molecular weight excluding hydrogens is 493 g/mol. The van der Waals surface area contributed by atoms with E-state index in [-0.39, 0.29) is 10.6 Å². The lowest BCUT2D eigenvalue weighted by atomic mass is 10.1. The van der Waals surface area contributed by atoms with Crippen molar-refractivity contribution >= 4 is 50.8 Å². The molecule has 0 aliphatic rings. The van der Waals surface area contributed by atoms with Gasteiger partial charge in [-0.2, -0.15) is 0 Å². The number of rotatable bonds is 8. The van der Waals surface area contributed by atoms with E-state index in [9.17, 15) is 4.79 Å². The summed E-state index contributed by atoms with van der Waals surface area (Å²) in [6, 6.07) is 15.9. The number of hydrogen-bond donors (Lipinski definition) is 2. The molecule has 5 nitrogen and oxygen atoms in total. The van der Waals surface area contributed by atoms with Crippen molar-refractivity contribution in [2.45, 2.75) is 13.2 Å². The molecule has 0 aliphatic carbocycles. The predicted molar refractivity (Wildman–Crippen MR) is 122 cm³/mol. The van der Waals surface area contributed by atoms with Crippen LogP contribution >= 0.6 is 39.1 Å². The van der Waals surface area contributed by atoms with Gasteiger partial charge in [-0.3, -0.25) is 0 Å². The Morgan fingerprint density at radius 1 is 1.07 bits per heavy atom. The van der Waals surface area contributed by atoms with Crippen LogP contribution in [0, 0.1) is 0 Å². The summed E-state index contributed by atoms with van der Waals surface area (Å²) in [6.45, 7) is 0.850. The van der Waals surface area contributed by atoms with E-state index in [1.165, 1.54) is 6.07 Å². The molecular formula is C22H18BrCl2NO4. The van der Waals surface area contributed by atoms with Crippen molar-refractivity contribution < 1.29 is 19.4 Å². The highest BCUT2D eigenvalue weighted by Crippen LogP contribution is 2.34. The zero-order chi connectivity index (χ0) is 21.7. The van der Waals surface area contributed by atoms with Crippen LogP contribution in [0.5, 0.6) is 11.5 Å². The van der Waals surface area contributed by atoms with Crippen LogP contribution in [-0.4, -0.2) is 18.2 Å². The number of carbonyl (C=O) groups is 1. The third kappa shape index (κ3) is 5.59. The number of carboxylic acid groups (broad SMARTS) is 1. The Morgan fingerprint density at radius 3 is 2.43 bits per heavy atom. The summed E-state index contributed by atoms with van der Waals surface area (Å²) in [5, 5.41) is 13.1. The first kappa shape index (κ1) is 22.3. The van der Waals surface area contributed by atoms with Crippen molar-refractivity contribution in [3.05, 3.63) is 85.8 Å². The molecule has 0 radical (unpaired) electrons. The summed E-state index contributed by atoms with van der Waals surface area (Å²) in [5.74, 6) is 0.147. The predicted octanol–water partition coefficient (Wildman–Crippen LogP) is 6.65. The molecule has 3 rings (SSSR count).